The SMILES string of the molecule is O=C(Cn1cnc2ccccc21)OC1CCOC1=O. The van der Waals surface area contributed by atoms with Crippen molar-refractivity contribution in [3.63, 3.8) is 0 Å². The maximum atomic E-state index is 11.8. The Bertz CT molecular complexity index is 634. The normalized spacial score (nSPS) is 18.5. The van der Waals surface area contributed by atoms with Gasteiger partial charge in [0.05, 0.1) is 24.0 Å². The van der Waals surface area contributed by atoms with Gasteiger partial charge in [-0.1, -0.05) is 12.1 Å². The number of benzene rings is 1. The molecule has 2 heterocycles. The molecule has 1 fully saturated rings. The fourth-order valence-corrected chi connectivity index (χ4v) is 2.06. The second-order valence-corrected chi connectivity index (χ2v) is 4.30. The van der Waals surface area contributed by atoms with Gasteiger partial charge in [0.1, 0.15) is 6.54 Å². The van der Waals surface area contributed by atoms with Gasteiger partial charge < -0.3 is 14.0 Å². The summed E-state index contributed by atoms with van der Waals surface area (Å²) in [5.74, 6) is -0.934. The molecule has 1 aliphatic heterocycles. The lowest BCUT2D eigenvalue weighted by Crippen LogP contribution is -2.25. The summed E-state index contributed by atoms with van der Waals surface area (Å²) in [7, 11) is 0. The number of carbonyl (C=O) groups is 2. The van der Waals surface area contributed by atoms with Crippen LogP contribution in [0.5, 0.6) is 0 Å². The highest BCUT2D eigenvalue weighted by molar-refractivity contribution is 5.82. The Kier molecular flexibility index (Phi) is 2.91. The third kappa shape index (κ3) is 2.29. The summed E-state index contributed by atoms with van der Waals surface area (Å²) < 4.78 is 11.5. The molecule has 6 nitrogen and oxygen atoms in total. The molecule has 1 atom stereocenters. The number of esters is 2. The van der Waals surface area contributed by atoms with E-state index < -0.39 is 18.0 Å². The molecule has 0 amide bonds. The van der Waals surface area contributed by atoms with E-state index in [1.165, 1.54) is 0 Å². The van der Waals surface area contributed by atoms with E-state index in [-0.39, 0.29) is 6.54 Å². The zero-order valence-electron chi connectivity index (χ0n) is 10.1. The van der Waals surface area contributed by atoms with Gasteiger partial charge in [-0.05, 0) is 12.1 Å². The number of fused-ring (bicyclic) bond motifs is 1. The molecular weight excluding hydrogens is 248 g/mol. The van der Waals surface area contributed by atoms with Crippen molar-refractivity contribution in [2.75, 3.05) is 6.61 Å². The molecule has 3 rings (SSSR count). The number of hydrogen-bond acceptors (Lipinski definition) is 5. The first-order valence-corrected chi connectivity index (χ1v) is 6.00. The lowest BCUT2D eigenvalue weighted by molar-refractivity contribution is -0.160. The van der Waals surface area contributed by atoms with Crippen LogP contribution in [0.4, 0.5) is 0 Å². The summed E-state index contributed by atoms with van der Waals surface area (Å²) in [5, 5.41) is 0. The van der Waals surface area contributed by atoms with Crippen LogP contribution in [-0.2, 0) is 25.6 Å². The summed E-state index contributed by atoms with van der Waals surface area (Å²) in [6, 6.07) is 7.50. The van der Waals surface area contributed by atoms with Crippen LogP contribution >= 0.6 is 0 Å². The van der Waals surface area contributed by atoms with Crippen molar-refractivity contribution in [1.29, 1.82) is 0 Å². The average molecular weight is 260 g/mol. The molecule has 1 aliphatic rings. The molecule has 0 aliphatic carbocycles. The number of aromatic nitrogens is 2. The fourth-order valence-electron chi connectivity index (χ4n) is 2.06. The monoisotopic (exact) mass is 260 g/mol. The first kappa shape index (κ1) is 11.7. The topological polar surface area (TPSA) is 70.4 Å². The van der Waals surface area contributed by atoms with E-state index in [0.29, 0.717) is 13.0 Å². The van der Waals surface area contributed by atoms with Gasteiger partial charge >= 0.3 is 11.9 Å². The third-order valence-corrected chi connectivity index (χ3v) is 2.99. The quantitative estimate of drug-likeness (QED) is 0.767. The summed E-state index contributed by atoms with van der Waals surface area (Å²) >= 11 is 0. The predicted octanol–water partition coefficient (Wildman–Crippen LogP) is 0.895. The summed E-state index contributed by atoms with van der Waals surface area (Å²) in [6.07, 6.45) is 1.25. The minimum Gasteiger partial charge on any atom is -0.463 e. The summed E-state index contributed by atoms with van der Waals surface area (Å²) in [5.41, 5.74) is 1.67. The van der Waals surface area contributed by atoms with Crippen molar-refractivity contribution in [3.8, 4) is 0 Å². The van der Waals surface area contributed by atoms with Crippen LogP contribution in [-0.4, -0.2) is 34.2 Å². The Hall–Kier alpha value is -2.37. The number of hydrogen-bond donors (Lipinski definition) is 0. The van der Waals surface area contributed by atoms with Gasteiger partial charge in [-0.25, -0.2) is 9.78 Å². The molecule has 1 aromatic carbocycles. The number of cyclic esters (lactones) is 1. The van der Waals surface area contributed by atoms with Crippen molar-refractivity contribution in [3.05, 3.63) is 30.6 Å². The number of carbonyl (C=O) groups excluding carboxylic acids is 2. The van der Waals surface area contributed by atoms with Gasteiger partial charge in [0, 0.05) is 6.42 Å². The Morgan fingerprint density at radius 3 is 3.11 bits per heavy atom. The molecule has 98 valence electrons. The van der Waals surface area contributed by atoms with Gasteiger partial charge in [0.15, 0.2) is 0 Å². The van der Waals surface area contributed by atoms with Gasteiger partial charge in [0.25, 0.3) is 0 Å². The molecule has 0 bridgehead atoms. The van der Waals surface area contributed by atoms with Crippen molar-refractivity contribution in [1.82, 2.24) is 9.55 Å². The van der Waals surface area contributed by atoms with E-state index in [1.807, 2.05) is 24.3 Å². The fraction of sp³-hybridized carbons (Fsp3) is 0.308. The van der Waals surface area contributed by atoms with Gasteiger partial charge in [-0.15, -0.1) is 0 Å². The van der Waals surface area contributed by atoms with Crippen LogP contribution < -0.4 is 0 Å². The molecule has 0 spiro atoms. The van der Waals surface area contributed by atoms with Gasteiger partial charge in [-0.3, -0.25) is 4.79 Å². The molecule has 6 heteroatoms. The smallest absolute Gasteiger partial charge is 0.347 e. The maximum absolute atomic E-state index is 11.8. The molecule has 1 aromatic heterocycles. The number of ether oxygens (including phenoxy) is 2. The molecule has 0 N–H and O–H groups in total. The van der Waals surface area contributed by atoms with E-state index in [4.69, 9.17) is 9.47 Å². The van der Waals surface area contributed by atoms with Crippen molar-refractivity contribution in [2.45, 2.75) is 19.1 Å². The van der Waals surface area contributed by atoms with Crippen LogP contribution in [0.1, 0.15) is 6.42 Å². The lowest BCUT2D eigenvalue weighted by Gasteiger charge is -2.09. The molecule has 2 aromatic rings. The van der Waals surface area contributed by atoms with Crippen LogP contribution in [0.25, 0.3) is 11.0 Å². The standard InChI is InChI=1S/C13H12N2O4/c16-12(19-11-5-6-18-13(11)17)7-15-8-14-9-3-1-2-4-10(9)15/h1-4,8,11H,5-7H2. The maximum Gasteiger partial charge on any atom is 0.347 e. The Balaban J connectivity index is 1.71. The highest BCUT2D eigenvalue weighted by atomic mass is 16.6. The van der Waals surface area contributed by atoms with Crippen LogP contribution in [0, 0.1) is 0 Å². The number of para-hydroxylation sites is 2. The number of nitrogens with zero attached hydrogens (tertiary/aromatic N) is 2. The lowest BCUT2D eigenvalue weighted by atomic mass is 10.3. The molecule has 0 radical (unpaired) electrons. The molecule has 1 unspecified atom stereocenters. The first-order valence-electron chi connectivity index (χ1n) is 6.00. The predicted molar refractivity (Wildman–Crippen MR) is 65.2 cm³/mol. The second kappa shape index (κ2) is 4.72. The van der Waals surface area contributed by atoms with E-state index in [1.54, 1.807) is 10.9 Å². The minimum atomic E-state index is -0.762. The summed E-state index contributed by atoms with van der Waals surface area (Å²) in [4.78, 5) is 27.2. The van der Waals surface area contributed by atoms with E-state index in [9.17, 15) is 9.59 Å². The van der Waals surface area contributed by atoms with Crippen molar-refractivity contribution >= 4 is 23.0 Å². The van der Waals surface area contributed by atoms with Crippen LogP contribution in [0.15, 0.2) is 30.6 Å². The zero-order valence-corrected chi connectivity index (χ0v) is 10.1. The molecular formula is C13H12N2O4. The number of rotatable bonds is 3. The zero-order chi connectivity index (χ0) is 13.2. The third-order valence-electron chi connectivity index (χ3n) is 2.99. The first-order chi connectivity index (χ1) is 9.24. The van der Waals surface area contributed by atoms with E-state index in [2.05, 4.69) is 4.98 Å². The van der Waals surface area contributed by atoms with Crippen LogP contribution in [0.3, 0.4) is 0 Å². The molecule has 1 saturated heterocycles. The Morgan fingerprint density at radius 1 is 1.47 bits per heavy atom. The highest BCUT2D eigenvalue weighted by Gasteiger charge is 2.30. The van der Waals surface area contributed by atoms with Crippen molar-refractivity contribution in [2.24, 2.45) is 0 Å². The second-order valence-electron chi connectivity index (χ2n) is 4.30. The van der Waals surface area contributed by atoms with E-state index >= 15 is 0 Å². The molecule has 0 saturated carbocycles. The van der Waals surface area contributed by atoms with E-state index in [0.717, 1.165) is 11.0 Å². The average Bonchev–Trinajstić information content (AvgIpc) is 2.98. The highest BCUT2D eigenvalue weighted by Crippen LogP contribution is 2.14. The van der Waals surface area contributed by atoms with Gasteiger partial charge in [0.2, 0.25) is 6.10 Å². The Morgan fingerprint density at radius 2 is 2.32 bits per heavy atom. The summed E-state index contributed by atoms with van der Waals surface area (Å²) in [6.45, 7) is 0.342. The Labute approximate surface area is 108 Å². The largest absolute Gasteiger partial charge is 0.463 e. The number of imidazole rings is 1. The van der Waals surface area contributed by atoms with Crippen molar-refractivity contribution < 1.29 is 19.1 Å². The molecule has 19 heavy (non-hydrogen) atoms. The minimum absolute atomic E-state index is 0.0320. The van der Waals surface area contributed by atoms with Crippen LogP contribution in [0.2, 0.25) is 0 Å². The van der Waals surface area contributed by atoms with Gasteiger partial charge in [-0.2, -0.15) is 0 Å².